The van der Waals surface area contributed by atoms with Crippen LogP contribution in [-0.2, 0) is 21.1 Å². The van der Waals surface area contributed by atoms with Crippen LogP contribution in [0.5, 0.6) is 11.5 Å². The van der Waals surface area contributed by atoms with E-state index in [0.29, 0.717) is 34.9 Å². The quantitative estimate of drug-likeness (QED) is 0.468. The number of benzene rings is 3. The fourth-order valence-corrected chi connectivity index (χ4v) is 6.28. The Bertz CT molecular complexity index is 1390. The van der Waals surface area contributed by atoms with E-state index in [2.05, 4.69) is 17.4 Å². The molecule has 1 saturated heterocycles. The number of carbonyl (C=O) groups is 2. The van der Waals surface area contributed by atoms with E-state index >= 15 is 0 Å². The molecule has 1 atom stereocenters. The number of sulfone groups is 1. The third-order valence-corrected chi connectivity index (χ3v) is 8.07. The third kappa shape index (κ3) is 4.92. The summed E-state index contributed by atoms with van der Waals surface area (Å²) in [6.45, 7) is 0.581. The topological polar surface area (TPSA) is 102 Å². The summed E-state index contributed by atoms with van der Waals surface area (Å²) in [4.78, 5) is 26.8. The number of rotatable bonds is 8. The Hall–Kier alpha value is -3.85. The number of nitrogens with one attached hydrogen (secondary N) is 1. The maximum Gasteiger partial charge on any atom is 0.251 e. The maximum atomic E-state index is 13.0. The number of ether oxygens (including phenoxy) is 2. The van der Waals surface area contributed by atoms with Crippen LogP contribution in [0.15, 0.2) is 72.8 Å². The molecule has 2 aliphatic heterocycles. The number of hydrogen-bond acceptors (Lipinski definition) is 6. The Morgan fingerprint density at radius 2 is 1.75 bits per heavy atom. The van der Waals surface area contributed by atoms with E-state index in [4.69, 9.17) is 9.47 Å². The van der Waals surface area contributed by atoms with Crippen LogP contribution >= 0.6 is 0 Å². The standard InChI is InChI=1S/C27H26N2O6S/c30-25-17-36(32,33)27(29(25)22-12-13-23-24(16-22)35-18-34-23)21-11-6-10-20(15-21)26(31)28-14-5-4-9-19-7-2-1-3-8-19/h1-3,6-8,10-13,15-16,27H,4-5,9,14,17-18H2,(H,28,31). The number of anilines is 1. The van der Waals surface area contributed by atoms with Crippen molar-refractivity contribution in [1.29, 1.82) is 0 Å². The van der Waals surface area contributed by atoms with Crippen molar-refractivity contribution < 1.29 is 27.5 Å². The highest BCUT2D eigenvalue weighted by molar-refractivity contribution is 7.93. The van der Waals surface area contributed by atoms with Gasteiger partial charge >= 0.3 is 0 Å². The van der Waals surface area contributed by atoms with Crippen LogP contribution in [0.3, 0.4) is 0 Å². The first-order valence-corrected chi connectivity index (χ1v) is 13.5. The average Bonchev–Trinajstić information content (AvgIpc) is 3.44. The van der Waals surface area contributed by atoms with Crippen molar-refractivity contribution in [3.8, 4) is 11.5 Å². The van der Waals surface area contributed by atoms with E-state index in [9.17, 15) is 18.0 Å². The van der Waals surface area contributed by atoms with Gasteiger partial charge in [0.1, 0.15) is 5.75 Å². The summed E-state index contributed by atoms with van der Waals surface area (Å²) in [5, 5.41) is 1.67. The molecular weight excluding hydrogens is 480 g/mol. The number of nitrogens with zero attached hydrogens (tertiary/aromatic N) is 1. The normalized spacial score (nSPS) is 17.8. The Kier molecular flexibility index (Phi) is 6.65. The van der Waals surface area contributed by atoms with E-state index in [1.807, 2.05) is 18.2 Å². The fourth-order valence-electron chi connectivity index (χ4n) is 4.52. The Balaban J connectivity index is 1.29. The number of hydrogen-bond donors (Lipinski definition) is 1. The molecule has 2 heterocycles. The van der Waals surface area contributed by atoms with Gasteiger partial charge < -0.3 is 14.8 Å². The van der Waals surface area contributed by atoms with Gasteiger partial charge in [0.05, 0.1) is 0 Å². The zero-order valence-electron chi connectivity index (χ0n) is 19.6. The van der Waals surface area contributed by atoms with Crippen molar-refractivity contribution >= 4 is 27.3 Å². The summed E-state index contributed by atoms with van der Waals surface area (Å²) in [6.07, 6.45) is 2.70. The van der Waals surface area contributed by atoms with Gasteiger partial charge in [-0.1, -0.05) is 42.5 Å². The number of carbonyl (C=O) groups excluding carboxylic acids is 2. The highest BCUT2D eigenvalue weighted by atomic mass is 32.2. The Morgan fingerprint density at radius 1 is 0.944 bits per heavy atom. The molecule has 36 heavy (non-hydrogen) atoms. The van der Waals surface area contributed by atoms with Crippen LogP contribution in [0.25, 0.3) is 0 Å². The smallest absolute Gasteiger partial charge is 0.251 e. The van der Waals surface area contributed by atoms with Gasteiger partial charge in [-0.05, 0) is 54.7 Å². The van der Waals surface area contributed by atoms with Crippen molar-refractivity contribution in [3.05, 3.63) is 89.5 Å². The predicted octanol–water partition coefficient (Wildman–Crippen LogP) is 3.63. The van der Waals surface area contributed by atoms with E-state index < -0.39 is 26.9 Å². The van der Waals surface area contributed by atoms with Gasteiger partial charge in [0.25, 0.3) is 5.91 Å². The van der Waals surface area contributed by atoms with Gasteiger partial charge in [-0.25, -0.2) is 8.42 Å². The van der Waals surface area contributed by atoms with Gasteiger partial charge in [-0.3, -0.25) is 14.5 Å². The molecule has 1 fully saturated rings. The molecule has 1 N–H and O–H groups in total. The molecular formula is C27H26N2O6S. The number of aryl methyl sites for hydroxylation is 1. The van der Waals surface area contributed by atoms with Gasteiger partial charge in [-0.2, -0.15) is 0 Å². The maximum absolute atomic E-state index is 13.0. The summed E-state index contributed by atoms with van der Waals surface area (Å²) in [7, 11) is -3.82. The van der Waals surface area contributed by atoms with Crippen molar-refractivity contribution in [1.82, 2.24) is 5.32 Å². The summed E-state index contributed by atoms with van der Waals surface area (Å²) in [6, 6.07) is 21.5. The summed E-state index contributed by atoms with van der Waals surface area (Å²) >= 11 is 0. The molecule has 0 spiro atoms. The number of unbranched alkanes of at least 4 members (excludes halogenated alkanes) is 1. The molecule has 3 aromatic carbocycles. The first kappa shape index (κ1) is 23.9. The number of fused-ring (bicyclic) bond motifs is 1. The fraction of sp³-hybridized carbons (Fsp3) is 0.259. The molecule has 9 heteroatoms. The lowest BCUT2D eigenvalue weighted by molar-refractivity contribution is -0.115. The second kappa shape index (κ2) is 10.0. The van der Waals surface area contributed by atoms with Crippen LogP contribution in [-0.4, -0.2) is 39.3 Å². The number of amides is 2. The molecule has 5 rings (SSSR count). The minimum absolute atomic E-state index is 0.0673. The van der Waals surface area contributed by atoms with Crippen LogP contribution in [0.2, 0.25) is 0 Å². The second-order valence-corrected chi connectivity index (χ2v) is 10.8. The highest BCUT2D eigenvalue weighted by Gasteiger charge is 2.46. The molecule has 0 saturated carbocycles. The van der Waals surface area contributed by atoms with E-state index in [1.54, 1.807) is 42.5 Å². The van der Waals surface area contributed by atoms with Gasteiger partial charge in [0.2, 0.25) is 12.7 Å². The molecule has 0 aliphatic carbocycles. The van der Waals surface area contributed by atoms with Gasteiger partial charge in [-0.15, -0.1) is 0 Å². The molecule has 2 amide bonds. The van der Waals surface area contributed by atoms with Gasteiger partial charge in [0.15, 0.2) is 26.7 Å². The lowest BCUT2D eigenvalue weighted by Crippen LogP contribution is -2.29. The van der Waals surface area contributed by atoms with Crippen molar-refractivity contribution in [2.45, 2.75) is 24.6 Å². The second-order valence-electron chi connectivity index (χ2n) is 8.78. The molecule has 3 aromatic rings. The third-order valence-electron chi connectivity index (χ3n) is 6.26. The van der Waals surface area contributed by atoms with Crippen molar-refractivity contribution in [2.24, 2.45) is 0 Å². The lowest BCUT2D eigenvalue weighted by Gasteiger charge is -2.24. The minimum atomic E-state index is -3.82. The molecule has 8 nitrogen and oxygen atoms in total. The first-order valence-electron chi connectivity index (χ1n) is 11.8. The van der Waals surface area contributed by atoms with Crippen LogP contribution in [0, 0.1) is 0 Å². The summed E-state index contributed by atoms with van der Waals surface area (Å²) in [5.74, 6) is -0.444. The average molecular weight is 507 g/mol. The lowest BCUT2D eigenvalue weighted by atomic mass is 10.1. The Morgan fingerprint density at radius 3 is 2.58 bits per heavy atom. The first-order chi connectivity index (χ1) is 17.4. The van der Waals surface area contributed by atoms with E-state index in [1.165, 1.54) is 10.5 Å². The molecule has 186 valence electrons. The Labute approximate surface area is 209 Å². The monoisotopic (exact) mass is 506 g/mol. The summed E-state index contributed by atoms with van der Waals surface area (Å²) < 4.78 is 36.7. The molecule has 2 aliphatic rings. The van der Waals surface area contributed by atoms with Gasteiger partial charge in [0, 0.05) is 23.9 Å². The zero-order valence-corrected chi connectivity index (χ0v) is 20.4. The van der Waals surface area contributed by atoms with E-state index in [-0.39, 0.29) is 12.7 Å². The molecule has 0 aromatic heterocycles. The minimum Gasteiger partial charge on any atom is -0.454 e. The predicted molar refractivity (Wildman–Crippen MR) is 135 cm³/mol. The highest BCUT2D eigenvalue weighted by Crippen LogP contribution is 2.42. The SMILES string of the molecule is O=C(NCCCCc1ccccc1)c1cccc(C2N(c3ccc4c(c3)OCO4)C(=O)CS2(=O)=O)c1. The molecule has 0 bridgehead atoms. The molecule has 0 radical (unpaired) electrons. The van der Waals surface area contributed by atoms with Crippen molar-refractivity contribution in [3.63, 3.8) is 0 Å². The van der Waals surface area contributed by atoms with Crippen molar-refractivity contribution in [2.75, 3.05) is 24.0 Å². The summed E-state index contributed by atoms with van der Waals surface area (Å²) in [5.41, 5.74) is 2.35. The van der Waals surface area contributed by atoms with Crippen LogP contribution in [0.4, 0.5) is 5.69 Å². The zero-order chi connectivity index (χ0) is 25.1. The largest absolute Gasteiger partial charge is 0.454 e. The van der Waals surface area contributed by atoms with Crippen LogP contribution in [0.1, 0.15) is 39.7 Å². The van der Waals surface area contributed by atoms with Crippen LogP contribution < -0.4 is 19.7 Å². The molecule has 1 unspecified atom stereocenters. The van der Waals surface area contributed by atoms with E-state index in [0.717, 1.165) is 19.3 Å².